The molecule has 2 aliphatic rings. The monoisotopic (exact) mass is 259 g/mol. The van der Waals surface area contributed by atoms with Gasteiger partial charge in [0.15, 0.2) is 0 Å². The Morgan fingerprint density at radius 2 is 2.00 bits per heavy atom. The zero-order valence-electron chi connectivity index (χ0n) is 11.5. The Morgan fingerprint density at radius 1 is 1.26 bits per heavy atom. The lowest BCUT2D eigenvalue weighted by Gasteiger charge is -2.25. The summed E-state index contributed by atoms with van der Waals surface area (Å²) in [5, 5.41) is 9.08. The lowest BCUT2D eigenvalue weighted by molar-refractivity contribution is 0.0696. The molecule has 1 saturated heterocycles. The van der Waals surface area contributed by atoms with E-state index < -0.39 is 5.97 Å². The molecule has 0 bridgehead atoms. The number of aromatic carboxylic acids is 1. The quantitative estimate of drug-likeness (QED) is 0.884. The smallest absolute Gasteiger partial charge is 0.335 e. The van der Waals surface area contributed by atoms with E-state index >= 15 is 0 Å². The van der Waals surface area contributed by atoms with Crippen molar-refractivity contribution >= 4 is 11.7 Å². The van der Waals surface area contributed by atoms with Crippen LogP contribution in [-0.4, -0.2) is 24.2 Å². The fourth-order valence-corrected chi connectivity index (χ4v) is 3.77. The van der Waals surface area contributed by atoms with Crippen molar-refractivity contribution in [3.63, 3.8) is 0 Å². The van der Waals surface area contributed by atoms with Gasteiger partial charge in [0.1, 0.15) is 0 Å². The molecular formula is C16H21NO2. The van der Waals surface area contributed by atoms with Gasteiger partial charge in [-0.05, 0) is 55.4 Å². The first-order chi connectivity index (χ1) is 9.10. The second-order valence-corrected chi connectivity index (χ2v) is 6.18. The van der Waals surface area contributed by atoms with Gasteiger partial charge in [0.25, 0.3) is 0 Å². The zero-order valence-corrected chi connectivity index (χ0v) is 11.5. The number of carbonyl (C=O) groups is 1. The van der Waals surface area contributed by atoms with E-state index in [0.717, 1.165) is 18.7 Å². The minimum atomic E-state index is -0.835. The summed E-state index contributed by atoms with van der Waals surface area (Å²) in [7, 11) is 0. The van der Waals surface area contributed by atoms with Crippen LogP contribution in [0.3, 0.4) is 0 Å². The van der Waals surface area contributed by atoms with Crippen molar-refractivity contribution in [3.05, 3.63) is 29.3 Å². The maximum atomic E-state index is 11.0. The molecule has 3 rings (SSSR count). The van der Waals surface area contributed by atoms with Crippen LogP contribution in [0.25, 0.3) is 0 Å². The molecule has 19 heavy (non-hydrogen) atoms. The third kappa shape index (κ3) is 2.22. The number of nitrogens with zero attached hydrogens (tertiary/aromatic N) is 1. The summed E-state index contributed by atoms with van der Waals surface area (Å²) in [6, 6.07) is 5.73. The third-order valence-corrected chi connectivity index (χ3v) is 4.91. The van der Waals surface area contributed by atoms with E-state index in [9.17, 15) is 4.79 Å². The van der Waals surface area contributed by atoms with Crippen LogP contribution in [0.2, 0.25) is 0 Å². The van der Waals surface area contributed by atoms with Crippen LogP contribution in [0.4, 0.5) is 5.69 Å². The number of hydrogen-bond acceptors (Lipinski definition) is 2. The Kier molecular flexibility index (Phi) is 3.00. The van der Waals surface area contributed by atoms with Crippen LogP contribution in [0.15, 0.2) is 18.2 Å². The molecule has 2 fully saturated rings. The lowest BCUT2D eigenvalue weighted by Crippen LogP contribution is -2.24. The van der Waals surface area contributed by atoms with Gasteiger partial charge in [-0.15, -0.1) is 0 Å². The predicted octanol–water partition coefficient (Wildman–Crippen LogP) is 3.46. The minimum absolute atomic E-state index is 0.415. The highest BCUT2D eigenvalue weighted by Gasteiger charge is 2.40. The van der Waals surface area contributed by atoms with E-state index in [1.807, 2.05) is 19.1 Å². The summed E-state index contributed by atoms with van der Waals surface area (Å²) < 4.78 is 0. The van der Waals surface area contributed by atoms with Gasteiger partial charge in [0, 0.05) is 18.8 Å². The Labute approximate surface area is 114 Å². The lowest BCUT2D eigenvalue weighted by atomic mass is 9.86. The molecule has 0 radical (unpaired) electrons. The molecule has 1 spiro atoms. The summed E-state index contributed by atoms with van der Waals surface area (Å²) in [4.78, 5) is 13.5. The van der Waals surface area contributed by atoms with Crippen molar-refractivity contribution in [3.8, 4) is 0 Å². The van der Waals surface area contributed by atoms with E-state index in [1.165, 1.54) is 37.8 Å². The molecule has 1 aliphatic heterocycles. The largest absolute Gasteiger partial charge is 0.478 e. The van der Waals surface area contributed by atoms with Gasteiger partial charge < -0.3 is 10.0 Å². The highest BCUT2D eigenvalue weighted by atomic mass is 16.4. The summed E-state index contributed by atoms with van der Waals surface area (Å²) in [5.41, 5.74) is 3.02. The first-order valence-electron chi connectivity index (χ1n) is 7.19. The average Bonchev–Trinajstić information content (AvgIpc) is 3.00. The molecule has 3 nitrogen and oxygen atoms in total. The van der Waals surface area contributed by atoms with Crippen LogP contribution in [0.1, 0.15) is 48.0 Å². The molecular weight excluding hydrogens is 238 g/mol. The van der Waals surface area contributed by atoms with Gasteiger partial charge in [-0.2, -0.15) is 0 Å². The Hall–Kier alpha value is -1.51. The Bertz CT molecular complexity index is 503. The molecule has 0 atom stereocenters. The molecule has 1 N–H and O–H groups in total. The number of hydrogen-bond donors (Lipinski definition) is 1. The third-order valence-electron chi connectivity index (χ3n) is 4.91. The van der Waals surface area contributed by atoms with Crippen molar-refractivity contribution < 1.29 is 9.90 Å². The molecule has 1 saturated carbocycles. The standard InChI is InChI=1S/C16H21NO2/c1-12-10-13(4-5-14(12)15(18)19)17-9-8-16(11-17)6-2-3-7-16/h4-5,10H,2-3,6-9,11H2,1H3,(H,18,19). The van der Waals surface area contributed by atoms with Gasteiger partial charge in [0.05, 0.1) is 5.56 Å². The summed E-state index contributed by atoms with van der Waals surface area (Å²) in [6.45, 7) is 4.15. The zero-order chi connectivity index (χ0) is 13.5. The van der Waals surface area contributed by atoms with Gasteiger partial charge in [-0.3, -0.25) is 0 Å². The first kappa shape index (κ1) is 12.5. The van der Waals surface area contributed by atoms with Crippen molar-refractivity contribution in [2.75, 3.05) is 18.0 Å². The van der Waals surface area contributed by atoms with Gasteiger partial charge in [0.2, 0.25) is 0 Å². The topological polar surface area (TPSA) is 40.5 Å². The number of carboxylic acids is 1. The maximum Gasteiger partial charge on any atom is 0.335 e. The molecule has 0 aromatic heterocycles. The number of carboxylic acid groups (broad SMARTS) is 1. The minimum Gasteiger partial charge on any atom is -0.478 e. The van der Waals surface area contributed by atoms with Crippen LogP contribution in [0.5, 0.6) is 0 Å². The summed E-state index contributed by atoms with van der Waals surface area (Å²) in [6.07, 6.45) is 6.80. The number of anilines is 1. The van der Waals surface area contributed by atoms with Crippen molar-refractivity contribution in [2.45, 2.75) is 39.0 Å². The number of aryl methyl sites for hydroxylation is 1. The molecule has 1 heterocycles. The van der Waals surface area contributed by atoms with Crippen LogP contribution in [-0.2, 0) is 0 Å². The van der Waals surface area contributed by atoms with E-state index in [1.54, 1.807) is 6.07 Å². The fraction of sp³-hybridized carbons (Fsp3) is 0.562. The Balaban J connectivity index is 1.80. The Morgan fingerprint density at radius 3 is 2.63 bits per heavy atom. The molecule has 3 heteroatoms. The van der Waals surface area contributed by atoms with E-state index in [-0.39, 0.29) is 0 Å². The molecule has 1 aromatic rings. The van der Waals surface area contributed by atoms with Crippen LogP contribution in [0, 0.1) is 12.3 Å². The maximum absolute atomic E-state index is 11.0. The SMILES string of the molecule is Cc1cc(N2CCC3(CCCC3)C2)ccc1C(=O)O. The normalized spacial score (nSPS) is 21.2. The predicted molar refractivity (Wildman–Crippen MR) is 75.9 cm³/mol. The van der Waals surface area contributed by atoms with Crippen molar-refractivity contribution in [1.82, 2.24) is 0 Å². The number of benzene rings is 1. The second-order valence-electron chi connectivity index (χ2n) is 6.18. The first-order valence-corrected chi connectivity index (χ1v) is 7.19. The van der Waals surface area contributed by atoms with Crippen molar-refractivity contribution in [2.24, 2.45) is 5.41 Å². The fourth-order valence-electron chi connectivity index (χ4n) is 3.77. The van der Waals surface area contributed by atoms with E-state index in [0.29, 0.717) is 11.0 Å². The van der Waals surface area contributed by atoms with E-state index in [2.05, 4.69) is 4.90 Å². The van der Waals surface area contributed by atoms with Gasteiger partial charge in [-0.25, -0.2) is 4.79 Å². The summed E-state index contributed by atoms with van der Waals surface area (Å²) >= 11 is 0. The number of rotatable bonds is 2. The molecule has 1 aromatic carbocycles. The molecule has 0 unspecified atom stereocenters. The molecule has 1 aliphatic carbocycles. The molecule has 0 amide bonds. The van der Waals surface area contributed by atoms with Crippen molar-refractivity contribution in [1.29, 1.82) is 0 Å². The van der Waals surface area contributed by atoms with Crippen LogP contribution < -0.4 is 4.90 Å². The second kappa shape index (κ2) is 4.55. The van der Waals surface area contributed by atoms with Crippen LogP contribution >= 0.6 is 0 Å². The van der Waals surface area contributed by atoms with Gasteiger partial charge in [-0.1, -0.05) is 12.8 Å². The highest BCUT2D eigenvalue weighted by Crippen LogP contribution is 2.46. The average molecular weight is 259 g/mol. The summed E-state index contributed by atoms with van der Waals surface area (Å²) in [5.74, 6) is -0.835. The van der Waals surface area contributed by atoms with Gasteiger partial charge >= 0.3 is 5.97 Å². The van der Waals surface area contributed by atoms with E-state index in [4.69, 9.17) is 5.11 Å². The highest BCUT2D eigenvalue weighted by molar-refractivity contribution is 5.89. The molecule has 102 valence electrons.